The normalized spacial score (nSPS) is 30.6. The van der Waals surface area contributed by atoms with E-state index in [2.05, 4.69) is 4.72 Å². The molecule has 0 spiro atoms. The standard InChI is InChI=1S/C16H23NO2S/c1-11-3-7-15(8-4-11)20(18,19)17-12(2)16-10-13-5-6-14(16)9-13/h3-4,7-8,12-14,16-17H,5-6,9-10H2,1-2H3/t12-,13+,14+,16-/m1/s1. The zero-order valence-electron chi connectivity index (χ0n) is 12.2. The topological polar surface area (TPSA) is 46.2 Å². The first-order chi connectivity index (χ1) is 9.45. The Labute approximate surface area is 121 Å². The predicted octanol–water partition coefficient (Wildman–Crippen LogP) is 3.10. The second-order valence-corrected chi connectivity index (χ2v) is 8.28. The van der Waals surface area contributed by atoms with Gasteiger partial charge in [-0.2, -0.15) is 0 Å². The van der Waals surface area contributed by atoms with Crippen LogP contribution in [0, 0.1) is 24.7 Å². The van der Waals surface area contributed by atoms with E-state index >= 15 is 0 Å². The van der Waals surface area contributed by atoms with Crippen LogP contribution in [0.5, 0.6) is 0 Å². The zero-order valence-corrected chi connectivity index (χ0v) is 13.0. The first kappa shape index (κ1) is 14.1. The first-order valence-electron chi connectivity index (χ1n) is 7.55. The average Bonchev–Trinajstić information content (AvgIpc) is 3.01. The van der Waals surface area contributed by atoms with Gasteiger partial charge in [-0.05, 0) is 63.0 Å². The van der Waals surface area contributed by atoms with Gasteiger partial charge in [-0.3, -0.25) is 0 Å². The van der Waals surface area contributed by atoms with Gasteiger partial charge in [0.05, 0.1) is 4.90 Å². The first-order valence-corrected chi connectivity index (χ1v) is 9.03. The third-order valence-electron chi connectivity index (χ3n) is 5.11. The predicted molar refractivity (Wildman–Crippen MR) is 79.9 cm³/mol. The van der Waals surface area contributed by atoms with Gasteiger partial charge >= 0.3 is 0 Å². The molecule has 0 aliphatic heterocycles. The van der Waals surface area contributed by atoms with Crippen LogP contribution in [0.1, 0.15) is 38.2 Å². The summed E-state index contributed by atoms with van der Waals surface area (Å²) in [6.07, 6.45) is 5.13. The van der Waals surface area contributed by atoms with Crippen molar-refractivity contribution in [2.45, 2.75) is 50.5 Å². The lowest BCUT2D eigenvalue weighted by molar-refractivity contribution is 0.280. The lowest BCUT2D eigenvalue weighted by Crippen LogP contribution is -2.40. The van der Waals surface area contributed by atoms with E-state index in [0.717, 1.165) is 17.4 Å². The molecule has 110 valence electrons. The summed E-state index contributed by atoms with van der Waals surface area (Å²) in [5.41, 5.74) is 1.07. The van der Waals surface area contributed by atoms with Crippen LogP contribution in [0.15, 0.2) is 29.2 Å². The maximum Gasteiger partial charge on any atom is 0.240 e. The molecule has 3 rings (SSSR count). The average molecular weight is 293 g/mol. The maximum absolute atomic E-state index is 12.4. The summed E-state index contributed by atoms with van der Waals surface area (Å²) in [6, 6.07) is 7.10. The minimum absolute atomic E-state index is 0.0385. The molecule has 2 aliphatic rings. The number of hydrogen-bond acceptors (Lipinski definition) is 2. The Morgan fingerprint density at radius 1 is 1.15 bits per heavy atom. The second kappa shape index (κ2) is 5.15. The van der Waals surface area contributed by atoms with Crippen LogP contribution in [-0.4, -0.2) is 14.5 Å². The summed E-state index contributed by atoms with van der Waals surface area (Å²) in [5.74, 6) is 2.10. The zero-order chi connectivity index (χ0) is 14.3. The number of benzene rings is 1. The van der Waals surface area contributed by atoms with Gasteiger partial charge in [-0.15, -0.1) is 0 Å². The van der Waals surface area contributed by atoms with E-state index in [1.165, 1.54) is 25.7 Å². The summed E-state index contributed by atoms with van der Waals surface area (Å²) in [7, 11) is -3.38. The number of sulfonamides is 1. The molecule has 2 fully saturated rings. The van der Waals surface area contributed by atoms with Crippen LogP contribution in [-0.2, 0) is 10.0 Å². The third kappa shape index (κ3) is 2.63. The molecule has 20 heavy (non-hydrogen) atoms. The van der Waals surface area contributed by atoms with Crippen LogP contribution in [0.2, 0.25) is 0 Å². The Bertz CT molecular complexity index is 579. The van der Waals surface area contributed by atoms with Crippen LogP contribution in [0.3, 0.4) is 0 Å². The molecule has 0 radical (unpaired) electrons. The third-order valence-corrected chi connectivity index (χ3v) is 6.68. The minimum atomic E-state index is -3.38. The van der Waals surface area contributed by atoms with Crippen molar-refractivity contribution in [2.24, 2.45) is 17.8 Å². The molecular weight excluding hydrogens is 270 g/mol. The highest BCUT2D eigenvalue weighted by Gasteiger charge is 2.42. The molecule has 3 nitrogen and oxygen atoms in total. The summed E-state index contributed by atoms with van der Waals surface area (Å²) in [4.78, 5) is 0.373. The Balaban J connectivity index is 1.71. The van der Waals surface area contributed by atoms with Gasteiger partial charge in [-0.1, -0.05) is 24.1 Å². The van der Waals surface area contributed by atoms with Crippen LogP contribution < -0.4 is 4.72 Å². The van der Waals surface area contributed by atoms with Gasteiger partial charge in [0.15, 0.2) is 0 Å². The molecule has 0 heterocycles. The quantitative estimate of drug-likeness (QED) is 0.927. The molecule has 4 atom stereocenters. The summed E-state index contributed by atoms with van der Waals surface area (Å²) >= 11 is 0. The van der Waals surface area contributed by atoms with Crippen LogP contribution >= 0.6 is 0 Å². The number of nitrogens with one attached hydrogen (secondary N) is 1. The van der Waals surface area contributed by atoms with E-state index in [-0.39, 0.29) is 6.04 Å². The van der Waals surface area contributed by atoms with Gasteiger partial charge in [0.25, 0.3) is 0 Å². The fourth-order valence-corrected chi connectivity index (χ4v) is 5.32. The van der Waals surface area contributed by atoms with Crippen molar-refractivity contribution >= 4 is 10.0 Å². The molecular formula is C16H23NO2S. The fourth-order valence-electron chi connectivity index (χ4n) is 4.02. The Morgan fingerprint density at radius 3 is 2.40 bits per heavy atom. The van der Waals surface area contributed by atoms with Crippen molar-refractivity contribution < 1.29 is 8.42 Å². The smallest absolute Gasteiger partial charge is 0.208 e. The van der Waals surface area contributed by atoms with Crippen molar-refractivity contribution in [1.82, 2.24) is 4.72 Å². The molecule has 4 heteroatoms. The van der Waals surface area contributed by atoms with E-state index in [0.29, 0.717) is 10.8 Å². The van der Waals surface area contributed by atoms with E-state index in [4.69, 9.17) is 0 Å². The highest BCUT2D eigenvalue weighted by molar-refractivity contribution is 7.89. The van der Waals surface area contributed by atoms with Gasteiger partial charge in [0, 0.05) is 6.04 Å². The maximum atomic E-state index is 12.4. The van der Waals surface area contributed by atoms with Gasteiger partial charge in [0.1, 0.15) is 0 Å². The SMILES string of the molecule is Cc1ccc(S(=O)(=O)N[C@H](C)[C@H]2C[C@H]3CC[C@H]2C3)cc1. The van der Waals surface area contributed by atoms with Crippen molar-refractivity contribution in [3.8, 4) is 0 Å². The summed E-state index contributed by atoms with van der Waals surface area (Å²) in [5, 5.41) is 0. The number of hydrogen-bond donors (Lipinski definition) is 1. The van der Waals surface area contributed by atoms with Gasteiger partial charge < -0.3 is 0 Å². The summed E-state index contributed by atoms with van der Waals surface area (Å²) in [6.45, 7) is 3.98. The van der Waals surface area contributed by atoms with Crippen LogP contribution in [0.25, 0.3) is 0 Å². The molecule has 1 aromatic carbocycles. The van der Waals surface area contributed by atoms with E-state index < -0.39 is 10.0 Å². The van der Waals surface area contributed by atoms with Crippen molar-refractivity contribution in [3.63, 3.8) is 0 Å². The molecule has 2 aliphatic carbocycles. The highest BCUT2D eigenvalue weighted by Crippen LogP contribution is 2.49. The Morgan fingerprint density at radius 2 is 1.85 bits per heavy atom. The highest BCUT2D eigenvalue weighted by atomic mass is 32.2. The summed E-state index contributed by atoms with van der Waals surface area (Å²) < 4.78 is 27.7. The fraction of sp³-hybridized carbons (Fsp3) is 0.625. The lowest BCUT2D eigenvalue weighted by Gasteiger charge is -2.28. The van der Waals surface area contributed by atoms with Crippen molar-refractivity contribution in [2.75, 3.05) is 0 Å². The van der Waals surface area contributed by atoms with E-state index in [9.17, 15) is 8.42 Å². The van der Waals surface area contributed by atoms with E-state index in [1.807, 2.05) is 26.0 Å². The van der Waals surface area contributed by atoms with Gasteiger partial charge in [0.2, 0.25) is 10.0 Å². The minimum Gasteiger partial charge on any atom is -0.208 e. The molecule has 1 aromatic rings. The second-order valence-electron chi connectivity index (χ2n) is 6.56. The Hall–Kier alpha value is -0.870. The molecule has 0 amide bonds. The molecule has 2 saturated carbocycles. The van der Waals surface area contributed by atoms with Crippen molar-refractivity contribution in [1.29, 1.82) is 0 Å². The van der Waals surface area contributed by atoms with Crippen LogP contribution in [0.4, 0.5) is 0 Å². The molecule has 0 aromatic heterocycles. The number of rotatable bonds is 4. The van der Waals surface area contributed by atoms with E-state index in [1.54, 1.807) is 12.1 Å². The lowest BCUT2D eigenvalue weighted by atomic mass is 9.84. The monoisotopic (exact) mass is 293 g/mol. The Kier molecular flexibility index (Phi) is 3.63. The van der Waals surface area contributed by atoms with Gasteiger partial charge in [-0.25, -0.2) is 13.1 Å². The largest absolute Gasteiger partial charge is 0.240 e. The number of aryl methyl sites for hydroxylation is 1. The van der Waals surface area contributed by atoms with Crippen molar-refractivity contribution in [3.05, 3.63) is 29.8 Å². The molecule has 0 saturated heterocycles. The molecule has 0 unspecified atom stereocenters. The molecule has 1 N–H and O–H groups in total. The molecule has 2 bridgehead atoms. The number of fused-ring (bicyclic) bond motifs is 2.